The van der Waals surface area contributed by atoms with E-state index >= 15 is 0 Å². The molecule has 0 spiro atoms. The van der Waals surface area contributed by atoms with Crippen LogP contribution in [0.15, 0.2) is 79.3 Å². The SMILES string of the molecule is CCn1cc2c(-c3ccc(F)cc3)c(-c3ccncc3)c(-c3ccc(F)cc3)nc2n1. The molecule has 3 heterocycles. The van der Waals surface area contributed by atoms with E-state index in [9.17, 15) is 8.78 Å². The van der Waals surface area contributed by atoms with Gasteiger partial charge in [-0.25, -0.2) is 13.8 Å². The molecule has 0 amide bonds. The molecule has 31 heavy (non-hydrogen) atoms. The van der Waals surface area contributed by atoms with Gasteiger partial charge in [-0.2, -0.15) is 5.10 Å². The Balaban J connectivity index is 1.93. The lowest BCUT2D eigenvalue weighted by molar-refractivity contribution is 0.627. The molecule has 5 rings (SSSR count). The molecular weight excluding hydrogens is 394 g/mol. The predicted molar refractivity (Wildman–Crippen MR) is 117 cm³/mol. The Hall–Kier alpha value is -3.93. The second kappa shape index (κ2) is 7.72. The number of halogens is 2. The molecule has 0 aliphatic heterocycles. The van der Waals surface area contributed by atoms with Crippen LogP contribution in [0.4, 0.5) is 8.78 Å². The van der Waals surface area contributed by atoms with Crippen molar-refractivity contribution in [1.82, 2.24) is 19.7 Å². The first kappa shape index (κ1) is 19.1. The van der Waals surface area contributed by atoms with E-state index in [4.69, 9.17) is 4.98 Å². The second-order valence-electron chi connectivity index (χ2n) is 7.18. The molecule has 0 radical (unpaired) electrons. The molecule has 4 nitrogen and oxygen atoms in total. The smallest absolute Gasteiger partial charge is 0.182 e. The molecule has 0 unspecified atom stereocenters. The van der Waals surface area contributed by atoms with Crippen molar-refractivity contribution in [1.29, 1.82) is 0 Å². The van der Waals surface area contributed by atoms with Crippen molar-refractivity contribution in [2.75, 3.05) is 0 Å². The first-order valence-electron chi connectivity index (χ1n) is 9.97. The van der Waals surface area contributed by atoms with Crippen molar-refractivity contribution in [3.63, 3.8) is 0 Å². The highest BCUT2D eigenvalue weighted by Crippen LogP contribution is 2.42. The highest BCUT2D eigenvalue weighted by atomic mass is 19.1. The van der Waals surface area contributed by atoms with Crippen molar-refractivity contribution in [3.05, 3.63) is 90.9 Å². The second-order valence-corrected chi connectivity index (χ2v) is 7.18. The largest absolute Gasteiger partial charge is 0.270 e. The fourth-order valence-corrected chi connectivity index (χ4v) is 3.78. The minimum atomic E-state index is -0.315. The third kappa shape index (κ3) is 3.46. The average Bonchev–Trinajstić information content (AvgIpc) is 3.23. The Morgan fingerprint density at radius 3 is 1.94 bits per heavy atom. The van der Waals surface area contributed by atoms with E-state index in [0.717, 1.165) is 33.2 Å². The number of hydrogen-bond donors (Lipinski definition) is 0. The summed E-state index contributed by atoms with van der Waals surface area (Å²) in [6, 6.07) is 16.5. The van der Waals surface area contributed by atoms with Crippen LogP contribution < -0.4 is 0 Å². The van der Waals surface area contributed by atoms with Crippen LogP contribution in [0.1, 0.15) is 6.92 Å². The van der Waals surface area contributed by atoms with E-state index in [-0.39, 0.29) is 11.6 Å². The van der Waals surface area contributed by atoms with Crippen molar-refractivity contribution in [2.24, 2.45) is 0 Å². The maximum absolute atomic E-state index is 13.7. The van der Waals surface area contributed by atoms with Crippen LogP contribution in [-0.4, -0.2) is 19.7 Å². The molecule has 0 atom stereocenters. The molecule has 6 heteroatoms. The van der Waals surface area contributed by atoms with Crippen LogP contribution in [0.3, 0.4) is 0 Å². The number of aromatic nitrogens is 4. The average molecular weight is 412 g/mol. The summed E-state index contributed by atoms with van der Waals surface area (Å²) in [4.78, 5) is 9.02. The zero-order chi connectivity index (χ0) is 21.4. The number of benzene rings is 2. The third-order valence-corrected chi connectivity index (χ3v) is 5.26. The van der Waals surface area contributed by atoms with E-state index in [2.05, 4.69) is 10.1 Å². The van der Waals surface area contributed by atoms with Crippen LogP contribution in [0.5, 0.6) is 0 Å². The Labute approximate surface area is 177 Å². The monoisotopic (exact) mass is 412 g/mol. The molecule has 5 aromatic rings. The normalized spacial score (nSPS) is 11.2. The Bertz CT molecular complexity index is 1360. The molecule has 152 valence electrons. The molecule has 0 saturated heterocycles. The maximum atomic E-state index is 13.7. The molecule has 0 aliphatic carbocycles. The molecule has 0 N–H and O–H groups in total. The van der Waals surface area contributed by atoms with Gasteiger partial charge in [-0.05, 0) is 66.6 Å². The van der Waals surface area contributed by atoms with Gasteiger partial charge >= 0.3 is 0 Å². The summed E-state index contributed by atoms with van der Waals surface area (Å²) < 4.78 is 29.2. The van der Waals surface area contributed by atoms with E-state index < -0.39 is 0 Å². The highest BCUT2D eigenvalue weighted by Gasteiger charge is 2.21. The van der Waals surface area contributed by atoms with Crippen LogP contribution in [-0.2, 0) is 6.54 Å². The standard InChI is InChI=1S/C25H18F2N4/c1-2-31-15-21-22(16-3-7-19(26)8-4-16)23(17-11-13-28-14-12-17)24(29-25(21)30-31)18-5-9-20(27)10-6-18/h3-15H,2H2,1H3. The lowest BCUT2D eigenvalue weighted by atomic mass is 9.90. The number of nitrogens with zero attached hydrogens (tertiary/aromatic N) is 4. The lowest BCUT2D eigenvalue weighted by Gasteiger charge is -2.16. The van der Waals surface area contributed by atoms with Crippen LogP contribution in [0, 0.1) is 11.6 Å². The van der Waals surface area contributed by atoms with Gasteiger partial charge in [0.15, 0.2) is 5.65 Å². The van der Waals surface area contributed by atoms with Gasteiger partial charge in [-0.1, -0.05) is 12.1 Å². The number of pyridine rings is 2. The van der Waals surface area contributed by atoms with Gasteiger partial charge in [-0.15, -0.1) is 0 Å². The van der Waals surface area contributed by atoms with Gasteiger partial charge in [-0.3, -0.25) is 9.67 Å². The Kier molecular flexibility index (Phi) is 4.75. The number of fused-ring (bicyclic) bond motifs is 1. The van der Waals surface area contributed by atoms with Crippen molar-refractivity contribution >= 4 is 11.0 Å². The summed E-state index contributed by atoms with van der Waals surface area (Å²) in [5, 5.41) is 5.49. The van der Waals surface area contributed by atoms with Gasteiger partial charge in [0, 0.05) is 47.2 Å². The Morgan fingerprint density at radius 2 is 1.32 bits per heavy atom. The summed E-state index contributed by atoms with van der Waals surface area (Å²) >= 11 is 0. The van der Waals surface area contributed by atoms with Crippen LogP contribution >= 0.6 is 0 Å². The lowest BCUT2D eigenvalue weighted by Crippen LogP contribution is -1.96. The molecule has 0 fully saturated rings. The van der Waals surface area contributed by atoms with E-state index in [1.54, 1.807) is 36.7 Å². The van der Waals surface area contributed by atoms with Crippen molar-refractivity contribution in [3.8, 4) is 33.5 Å². The quantitative estimate of drug-likeness (QED) is 0.357. The van der Waals surface area contributed by atoms with E-state index in [1.165, 1.54) is 24.3 Å². The van der Waals surface area contributed by atoms with Gasteiger partial charge in [0.25, 0.3) is 0 Å². The third-order valence-electron chi connectivity index (χ3n) is 5.26. The van der Waals surface area contributed by atoms with Crippen LogP contribution in [0.25, 0.3) is 44.5 Å². The first-order valence-corrected chi connectivity index (χ1v) is 9.97. The fourth-order valence-electron chi connectivity index (χ4n) is 3.78. The number of hydrogen-bond acceptors (Lipinski definition) is 3. The van der Waals surface area contributed by atoms with Gasteiger partial charge in [0.1, 0.15) is 11.6 Å². The van der Waals surface area contributed by atoms with Crippen molar-refractivity contribution in [2.45, 2.75) is 13.5 Å². The molecule has 0 bridgehead atoms. The molecule has 0 saturated carbocycles. The molecular formula is C25H18F2N4. The van der Waals surface area contributed by atoms with Gasteiger partial charge in [0.05, 0.1) is 5.69 Å². The van der Waals surface area contributed by atoms with Crippen molar-refractivity contribution < 1.29 is 8.78 Å². The van der Waals surface area contributed by atoms with Gasteiger partial charge in [0.2, 0.25) is 0 Å². The minimum absolute atomic E-state index is 0.303. The Morgan fingerprint density at radius 1 is 0.742 bits per heavy atom. The zero-order valence-corrected chi connectivity index (χ0v) is 16.8. The number of aryl methyl sites for hydroxylation is 1. The number of rotatable bonds is 4. The highest BCUT2D eigenvalue weighted by molar-refractivity contribution is 6.05. The molecule has 3 aromatic heterocycles. The van der Waals surface area contributed by atoms with E-state index in [1.807, 2.05) is 29.9 Å². The summed E-state index contributed by atoms with van der Waals surface area (Å²) in [5.41, 5.74) is 5.55. The van der Waals surface area contributed by atoms with Crippen LogP contribution in [0.2, 0.25) is 0 Å². The van der Waals surface area contributed by atoms with Gasteiger partial charge < -0.3 is 0 Å². The molecule has 0 aliphatic rings. The summed E-state index contributed by atoms with van der Waals surface area (Å²) in [7, 11) is 0. The summed E-state index contributed by atoms with van der Waals surface area (Å²) in [6.07, 6.45) is 5.40. The molecule has 2 aromatic carbocycles. The minimum Gasteiger partial charge on any atom is -0.270 e. The zero-order valence-electron chi connectivity index (χ0n) is 16.8. The topological polar surface area (TPSA) is 43.6 Å². The summed E-state index contributed by atoms with van der Waals surface area (Å²) in [6.45, 7) is 2.70. The summed E-state index contributed by atoms with van der Waals surface area (Å²) in [5.74, 6) is -0.619. The van der Waals surface area contributed by atoms with E-state index in [0.29, 0.717) is 17.9 Å². The fraction of sp³-hybridized carbons (Fsp3) is 0.0800. The predicted octanol–water partition coefficient (Wildman–Crippen LogP) is 6.13. The first-order chi connectivity index (χ1) is 15.1. The maximum Gasteiger partial charge on any atom is 0.182 e.